The van der Waals surface area contributed by atoms with Gasteiger partial charge >= 0.3 is 0 Å². The monoisotopic (exact) mass is 331 g/mol. The lowest BCUT2D eigenvalue weighted by Crippen LogP contribution is -2.08. The topological polar surface area (TPSA) is 51.0 Å². The van der Waals surface area contributed by atoms with Gasteiger partial charge in [0.15, 0.2) is 0 Å². The van der Waals surface area contributed by atoms with E-state index in [2.05, 4.69) is 31.2 Å². The molecular formula is C15H14BrN3O. The number of rotatable bonds is 3. The number of pyridine rings is 1. The number of halogens is 1. The lowest BCUT2D eigenvalue weighted by atomic mass is 10.1. The van der Waals surface area contributed by atoms with Crippen LogP contribution in [0.1, 0.15) is 24.6 Å². The van der Waals surface area contributed by atoms with Gasteiger partial charge in [0.1, 0.15) is 17.6 Å². The number of hydrogen-bond acceptors (Lipinski definition) is 4. The normalized spacial score (nSPS) is 12.6. The summed E-state index contributed by atoms with van der Waals surface area (Å²) < 4.78 is 6.60. The van der Waals surface area contributed by atoms with Gasteiger partial charge in [-0.25, -0.2) is 9.97 Å². The highest BCUT2D eigenvalue weighted by molar-refractivity contribution is 9.10. The Balaban J connectivity index is 1.97. The fourth-order valence-corrected chi connectivity index (χ4v) is 2.62. The summed E-state index contributed by atoms with van der Waals surface area (Å²) >= 11 is 3.56. The average molecular weight is 332 g/mol. The van der Waals surface area contributed by atoms with Crippen molar-refractivity contribution < 1.29 is 4.42 Å². The van der Waals surface area contributed by atoms with Crippen molar-refractivity contribution in [3.63, 3.8) is 0 Å². The second-order valence-electron chi connectivity index (χ2n) is 4.67. The highest BCUT2D eigenvalue weighted by Crippen LogP contribution is 2.29. The standard InChI is InChI=1S/C15H14BrN3O/c1-9-8-18-15(20-9)10(2)19-14-12-4-3-5-13(16)11(12)6-7-17-14/h3-8,10H,1-2H3,(H,17,19). The van der Waals surface area contributed by atoms with E-state index in [-0.39, 0.29) is 6.04 Å². The molecule has 0 saturated carbocycles. The third-order valence-electron chi connectivity index (χ3n) is 3.12. The third-order valence-corrected chi connectivity index (χ3v) is 3.81. The van der Waals surface area contributed by atoms with Crippen LogP contribution in [0.25, 0.3) is 10.8 Å². The molecule has 0 bridgehead atoms. The molecule has 2 aromatic heterocycles. The fraction of sp³-hybridized carbons (Fsp3) is 0.200. The van der Waals surface area contributed by atoms with Crippen LogP contribution in [-0.4, -0.2) is 9.97 Å². The lowest BCUT2D eigenvalue weighted by molar-refractivity contribution is 0.453. The first-order valence-electron chi connectivity index (χ1n) is 6.37. The molecule has 1 unspecified atom stereocenters. The fourth-order valence-electron chi connectivity index (χ4n) is 2.12. The van der Waals surface area contributed by atoms with Gasteiger partial charge in [-0.05, 0) is 26.0 Å². The van der Waals surface area contributed by atoms with Gasteiger partial charge < -0.3 is 9.73 Å². The molecule has 0 radical (unpaired) electrons. The summed E-state index contributed by atoms with van der Waals surface area (Å²) in [7, 11) is 0. The van der Waals surface area contributed by atoms with Crippen LogP contribution in [0.5, 0.6) is 0 Å². The molecule has 5 heteroatoms. The van der Waals surface area contributed by atoms with E-state index in [1.165, 1.54) is 0 Å². The van der Waals surface area contributed by atoms with Crippen LogP contribution in [0.4, 0.5) is 5.82 Å². The Labute approximate surface area is 125 Å². The van der Waals surface area contributed by atoms with Gasteiger partial charge in [-0.1, -0.05) is 28.1 Å². The highest BCUT2D eigenvalue weighted by atomic mass is 79.9. The Kier molecular flexibility index (Phi) is 3.44. The van der Waals surface area contributed by atoms with Gasteiger partial charge in [0.2, 0.25) is 5.89 Å². The lowest BCUT2D eigenvalue weighted by Gasteiger charge is -2.13. The molecule has 102 valence electrons. The second-order valence-corrected chi connectivity index (χ2v) is 5.52. The van der Waals surface area contributed by atoms with Gasteiger partial charge in [0.25, 0.3) is 0 Å². The number of anilines is 1. The molecule has 0 aliphatic carbocycles. The Morgan fingerprint density at radius 2 is 2.05 bits per heavy atom. The zero-order valence-corrected chi connectivity index (χ0v) is 12.8. The number of hydrogen-bond donors (Lipinski definition) is 1. The van der Waals surface area contributed by atoms with Crippen molar-refractivity contribution in [1.82, 2.24) is 9.97 Å². The minimum absolute atomic E-state index is 0.0409. The van der Waals surface area contributed by atoms with E-state index in [9.17, 15) is 0 Å². The number of fused-ring (bicyclic) bond motifs is 1. The Hall–Kier alpha value is -1.88. The van der Waals surface area contributed by atoms with Crippen LogP contribution in [0.15, 0.2) is 45.5 Å². The summed E-state index contributed by atoms with van der Waals surface area (Å²) in [5.41, 5.74) is 0. The smallest absolute Gasteiger partial charge is 0.216 e. The van der Waals surface area contributed by atoms with Gasteiger partial charge in [0, 0.05) is 21.4 Å². The number of nitrogens with zero attached hydrogens (tertiary/aromatic N) is 2. The van der Waals surface area contributed by atoms with Crippen LogP contribution in [0.2, 0.25) is 0 Å². The van der Waals surface area contributed by atoms with E-state index in [0.29, 0.717) is 5.89 Å². The quantitative estimate of drug-likeness (QED) is 0.769. The van der Waals surface area contributed by atoms with E-state index in [1.807, 2.05) is 38.1 Å². The molecule has 1 atom stereocenters. The molecule has 0 aliphatic heterocycles. The molecule has 0 amide bonds. The van der Waals surface area contributed by atoms with E-state index >= 15 is 0 Å². The number of aryl methyl sites for hydroxylation is 1. The summed E-state index contributed by atoms with van der Waals surface area (Å²) in [6.45, 7) is 3.89. The van der Waals surface area contributed by atoms with Gasteiger partial charge in [0.05, 0.1) is 6.20 Å². The highest BCUT2D eigenvalue weighted by Gasteiger charge is 2.13. The second kappa shape index (κ2) is 5.25. The summed E-state index contributed by atoms with van der Waals surface area (Å²) in [5.74, 6) is 2.30. The van der Waals surface area contributed by atoms with Crippen molar-refractivity contribution >= 4 is 32.5 Å². The third kappa shape index (κ3) is 2.41. The van der Waals surface area contributed by atoms with Crippen LogP contribution < -0.4 is 5.32 Å². The molecule has 1 aromatic carbocycles. The van der Waals surface area contributed by atoms with E-state index in [4.69, 9.17) is 4.42 Å². The maximum Gasteiger partial charge on any atom is 0.216 e. The van der Waals surface area contributed by atoms with Crippen LogP contribution >= 0.6 is 15.9 Å². The Morgan fingerprint density at radius 1 is 1.20 bits per heavy atom. The average Bonchev–Trinajstić information content (AvgIpc) is 2.87. The molecular weight excluding hydrogens is 318 g/mol. The summed E-state index contributed by atoms with van der Waals surface area (Å²) in [6.07, 6.45) is 3.52. The van der Waals surface area contributed by atoms with Gasteiger partial charge in [-0.3, -0.25) is 0 Å². The van der Waals surface area contributed by atoms with Gasteiger partial charge in [-0.15, -0.1) is 0 Å². The molecule has 0 saturated heterocycles. The first-order chi connectivity index (χ1) is 9.65. The van der Waals surface area contributed by atoms with Crippen LogP contribution in [0.3, 0.4) is 0 Å². The number of aromatic nitrogens is 2. The summed E-state index contributed by atoms with van der Waals surface area (Å²) in [6, 6.07) is 8.01. The summed E-state index contributed by atoms with van der Waals surface area (Å²) in [5, 5.41) is 5.55. The van der Waals surface area contributed by atoms with Crippen molar-refractivity contribution in [1.29, 1.82) is 0 Å². The maximum absolute atomic E-state index is 5.54. The van der Waals surface area contributed by atoms with Crippen LogP contribution in [-0.2, 0) is 0 Å². The molecule has 3 aromatic rings. The molecule has 20 heavy (non-hydrogen) atoms. The molecule has 3 rings (SSSR count). The largest absolute Gasteiger partial charge is 0.444 e. The SMILES string of the molecule is Cc1cnc(C(C)Nc2nccc3c(Br)cccc23)o1. The van der Waals surface area contributed by atoms with Crippen molar-refractivity contribution in [3.05, 3.63) is 52.8 Å². The first-order valence-corrected chi connectivity index (χ1v) is 7.16. The predicted octanol–water partition coefficient (Wildman–Crippen LogP) is 4.47. The Morgan fingerprint density at radius 3 is 2.80 bits per heavy atom. The van der Waals surface area contributed by atoms with Gasteiger partial charge in [-0.2, -0.15) is 0 Å². The molecule has 0 aliphatic rings. The van der Waals surface area contributed by atoms with Crippen molar-refractivity contribution in [2.45, 2.75) is 19.9 Å². The predicted molar refractivity (Wildman–Crippen MR) is 82.7 cm³/mol. The minimum atomic E-state index is -0.0409. The Bertz CT molecular complexity index is 754. The zero-order chi connectivity index (χ0) is 14.1. The first kappa shape index (κ1) is 13.1. The van der Waals surface area contributed by atoms with E-state index < -0.39 is 0 Å². The molecule has 2 heterocycles. The molecule has 4 nitrogen and oxygen atoms in total. The van der Waals surface area contributed by atoms with E-state index in [1.54, 1.807) is 12.4 Å². The molecule has 0 fully saturated rings. The summed E-state index contributed by atoms with van der Waals surface area (Å²) in [4.78, 5) is 8.66. The van der Waals surface area contributed by atoms with Crippen LogP contribution in [0, 0.1) is 6.92 Å². The van der Waals surface area contributed by atoms with Crippen molar-refractivity contribution in [2.75, 3.05) is 5.32 Å². The number of benzene rings is 1. The number of nitrogens with one attached hydrogen (secondary N) is 1. The minimum Gasteiger partial charge on any atom is -0.444 e. The van der Waals surface area contributed by atoms with Crippen molar-refractivity contribution in [2.24, 2.45) is 0 Å². The van der Waals surface area contributed by atoms with E-state index in [0.717, 1.165) is 26.8 Å². The number of oxazole rings is 1. The zero-order valence-electron chi connectivity index (χ0n) is 11.2. The molecule has 0 spiro atoms. The molecule has 1 N–H and O–H groups in total. The maximum atomic E-state index is 5.54. The van der Waals surface area contributed by atoms with Crippen molar-refractivity contribution in [3.8, 4) is 0 Å².